The fraction of sp³-hybridized carbons (Fsp3) is 0.176. The third kappa shape index (κ3) is 3.82. The van der Waals surface area contributed by atoms with E-state index in [-0.39, 0.29) is 0 Å². The summed E-state index contributed by atoms with van der Waals surface area (Å²) in [6.07, 6.45) is -7.77. The Morgan fingerprint density at radius 2 is 1.65 bits per heavy atom. The summed E-state index contributed by atoms with van der Waals surface area (Å²) in [5.41, 5.74) is 0.522. The second-order valence-electron chi connectivity index (χ2n) is 5.60. The molecule has 0 aliphatic carbocycles. The number of fused-ring (bicyclic) bond motifs is 1. The number of aromatic nitrogens is 1. The van der Waals surface area contributed by atoms with Crippen LogP contribution in [0.25, 0.3) is 16.6 Å². The molecule has 2 aromatic carbocycles. The molecule has 1 aromatic heterocycles. The largest absolute Gasteiger partial charge is 0.573 e. The molecule has 3 rings (SSSR count). The van der Waals surface area contributed by atoms with Gasteiger partial charge in [0.1, 0.15) is 5.75 Å². The Balaban J connectivity index is 2.14. The fourth-order valence-electron chi connectivity index (χ4n) is 2.66. The molecule has 0 bridgehead atoms. The molecule has 0 saturated carbocycles. The second-order valence-corrected chi connectivity index (χ2v) is 6.52. The Kier molecular flexibility index (Phi) is 4.46. The quantitative estimate of drug-likeness (QED) is 0.411. The van der Waals surface area contributed by atoms with Crippen molar-refractivity contribution in [2.45, 2.75) is 19.5 Å². The molecule has 1 heterocycles. The van der Waals surface area contributed by atoms with Crippen molar-refractivity contribution in [3.63, 3.8) is 0 Å². The molecule has 0 atom stereocenters. The smallest absolute Gasteiger partial charge is 0.406 e. The minimum absolute atomic E-state index is 0.316. The number of ether oxygens (including phenoxy) is 1. The molecule has 2 nitrogen and oxygen atoms in total. The number of benzene rings is 2. The van der Waals surface area contributed by atoms with Crippen LogP contribution in [0, 0.1) is 6.92 Å². The van der Waals surface area contributed by atoms with Crippen LogP contribution in [0.1, 0.15) is 11.1 Å². The Morgan fingerprint density at radius 3 is 2.27 bits per heavy atom. The molecule has 0 N–H and O–H groups in total. The summed E-state index contributed by atoms with van der Waals surface area (Å²) in [4.78, 5) is 0. The van der Waals surface area contributed by atoms with Crippen LogP contribution >= 0.6 is 15.9 Å². The average Bonchev–Trinajstić information content (AvgIpc) is 2.81. The highest BCUT2D eigenvalue weighted by atomic mass is 79.9. The van der Waals surface area contributed by atoms with Crippen molar-refractivity contribution in [3.05, 3.63) is 58.2 Å². The van der Waals surface area contributed by atoms with E-state index in [0.717, 1.165) is 24.3 Å². The number of hydrogen-bond donors (Lipinski definition) is 0. The molecule has 0 unspecified atom stereocenters. The first-order valence-electron chi connectivity index (χ1n) is 7.20. The topological polar surface area (TPSA) is 14.2 Å². The zero-order chi connectivity index (χ0) is 19.3. The van der Waals surface area contributed by atoms with Crippen LogP contribution in [-0.4, -0.2) is 10.9 Å². The maximum atomic E-state index is 12.9. The highest BCUT2D eigenvalue weighted by molar-refractivity contribution is 9.10. The predicted octanol–water partition coefficient (Wildman–Crippen LogP) is 6.62. The third-order valence-electron chi connectivity index (χ3n) is 3.70. The maximum Gasteiger partial charge on any atom is 0.573 e. The zero-order valence-electron chi connectivity index (χ0n) is 13.0. The molecule has 0 aliphatic heterocycles. The van der Waals surface area contributed by atoms with Crippen molar-refractivity contribution < 1.29 is 31.1 Å². The average molecular weight is 438 g/mol. The van der Waals surface area contributed by atoms with Gasteiger partial charge in [-0.1, -0.05) is 15.9 Å². The van der Waals surface area contributed by atoms with Crippen LogP contribution in [0.3, 0.4) is 0 Å². The Hall–Kier alpha value is -2.16. The van der Waals surface area contributed by atoms with Gasteiger partial charge in [-0.2, -0.15) is 13.2 Å². The Morgan fingerprint density at radius 1 is 0.962 bits per heavy atom. The molecule has 3 aromatic rings. The van der Waals surface area contributed by atoms with Crippen LogP contribution in [0.2, 0.25) is 0 Å². The molecule has 0 amide bonds. The predicted molar refractivity (Wildman–Crippen MR) is 87.4 cm³/mol. The Labute approximate surface area is 152 Å². The summed E-state index contributed by atoms with van der Waals surface area (Å²) >= 11 is 3.12. The van der Waals surface area contributed by atoms with Crippen molar-refractivity contribution in [3.8, 4) is 11.4 Å². The van der Waals surface area contributed by atoms with Gasteiger partial charge in [0.15, 0.2) is 0 Å². The third-order valence-corrected chi connectivity index (χ3v) is 4.16. The van der Waals surface area contributed by atoms with Gasteiger partial charge in [-0.25, -0.2) is 0 Å². The molecular formula is C17H10BrF6NO. The number of nitrogens with zero attached hydrogens (tertiary/aromatic N) is 1. The van der Waals surface area contributed by atoms with Crippen LogP contribution in [-0.2, 0) is 6.18 Å². The first-order valence-corrected chi connectivity index (χ1v) is 7.99. The van der Waals surface area contributed by atoms with E-state index < -0.39 is 23.9 Å². The number of aryl methyl sites for hydroxylation is 1. The van der Waals surface area contributed by atoms with Gasteiger partial charge in [0, 0.05) is 22.1 Å². The zero-order valence-corrected chi connectivity index (χ0v) is 14.6. The van der Waals surface area contributed by atoms with Crippen molar-refractivity contribution in [1.29, 1.82) is 0 Å². The van der Waals surface area contributed by atoms with Crippen LogP contribution in [0.15, 0.2) is 47.1 Å². The van der Waals surface area contributed by atoms with Gasteiger partial charge in [-0.05, 0) is 42.8 Å². The molecule has 0 saturated heterocycles. The van der Waals surface area contributed by atoms with Crippen LogP contribution in [0.5, 0.6) is 5.75 Å². The van der Waals surface area contributed by atoms with Gasteiger partial charge in [0.2, 0.25) is 0 Å². The summed E-state index contributed by atoms with van der Waals surface area (Å²) in [5.74, 6) is -0.437. The van der Waals surface area contributed by atoms with Gasteiger partial charge >= 0.3 is 12.5 Å². The lowest BCUT2D eigenvalue weighted by molar-refractivity contribution is -0.274. The van der Waals surface area contributed by atoms with E-state index in [9.17, 15) is 26.3 Å². The monoisotopic (exact) mass is 437 g/mol. The molecule has 138 valence electrons. The van der Waals surface area contributed by atoms with Crippen LogP contribution < -0.4 is 4.74 Å². The van der Waals surface area contributed by atoms with Gasteiger partial charge < -0.3 is 9.30 Å². The lowest BCUT2D eigenvalue weighted by atomic mass is 10.1. The van der Waals surface area contributed by atoms with E-state index in [0.29, 0.717) is 26.6 Å². The standard InChI is InChI=1S/C17H10BrF6NO/c1-9-8-25(15-3-2-10(4-14(9)15)16(19,20)21)12-5-11(18)6-13(7-12)26-17(22,23)24/h2-8H,1H3. The van der Waals surface area contributed by atoms with E-state index in [1.807, 2.05) is 0 Å². The molecule has 0 aliphatic rings. The molecular weight excluding hydrogens is 428 g/mol. The highest BCUT2D eigenvalue weighted by Gasteiger charge is 2.32. The number of rotatable bonds is 2. The fourth-order valence-corrected chi connectivity index (χ4v) is 3.12. The van der Waals surface area contributed by atoms with Crippen molar-refractivity contribution >= 4 is 26.8 Å². The van der Waals surface area contributed by atoms with Gasteiger partial charge in [0.05, 0.1) is 16.8 Å². The lowest BCUT2D eigenvalue weighted by Gasteiger charge is -2.13. The first-order chi connectivity index (χ1) is 11.9. The van der Waals surface area contributed by atoms with E-state index >= 15 is 0 Å². The molecule has 9 heteroatoms. The summed E-state index contributed by atoms with van der Waals surface area (Å²) in [6, 6.07) is 7.10. The summed E-state index contributed by atoms with van der Waals surface area (Å²) < 4.78 is 81.9. The highest BCUT2D eigenvalue weighted by Crippen LogP contribution is 2.35. The SMILES string of the molecule is Cc1cn(-c2cc(Br)cc(OC(F)(F)F)c2)c2ccc(C(F)(F)F)cc12. The van der Waals surface area contributed by atoms with E-state index in [2.05, 4.69) is 20.7 Å². The second kappa shape index (κ2) is 6.22. The summed E-state index contributed by atoms with van der Waals surface area (Å²) in [6.45, 7) is 1.63. The van der Waals surface area contributed by atoms with E-state index in [4.69, 9.17) is 0 Å². The number of halogens is 7. The van der Waals surface area contributed by atoms with Gasteiger partial charge in [-0.3, -0.25) is 0 Å². The van der Waals surface area contributed by atoms with Gasteiger partial charge in [-0.15, -0.1) is 13.2 Å². The number of alkyl halides is 6. The molecule has 0 radical (unpaired) electrons. The normalized spacial score (nSPS) is 12.6. The molecule has 0 fully saturated rings. The van der Waals surface area contributed by atoms with Crippen LogP contribution in [0.4, 0.5) is 26.3 Å². The van der Waals surface area contributed by atoms with Crippen molar-refractivity contribution in [2.24, 2.45) is 0 Å². The Bertz CT molecular complexity index is 974. The summed E-state index contributed by atoms with van der Waals surface area (Å²) in [7, 11) is 0. The lowest BCUT2D eigenvalue weighted by Crippen LogP contribution is -2.17. The van der Waals surface area contributed by atoms with E-state index in [1.165, 1.54) is 10.6 Å². The number of hydrogen-bond acceptors (Lipinski definition) is 1. The first kappa shape index (κ1) is 18.6. The summed E-state index contributed by atoms with van der Waals surface area (Å²) in [5, 5.41) is 0.359. The van der Waals surface area contributed by atoms with E-state index in [1.54, 1.807) is 19.2 Å². The molecule has 0 spiro atoms. The van der Waals surface area contributed by atoms with Gasteiger partial charge in [0.25, 0.3) is 0 Å². The van der Waals surface area contributed by atoms with Crippen molar-refractivity contribution in [2.75, 3.05) is 0 Å². The minimum Gasteiger partial charge on any atom is -0.406 e. The van der Waals surface area contributed by atoms with Crippen molar-refractivity contribution in [1.82, 2.24) is 4.57 Å². The minimum atomic E-state index is -4.85. The molecule has 26 heavy (non-hydrogen) atoms. The maximum absolute atomic E-state index is 12.9.